The fourth-order valence-electron chi connectivity index (χ4n) is 3.41. The molecule has 162 valence electrons. The first-order valence-corrected chi connectivity index (χ1v) is 11.5. The predicted molar refractivity (Wildman–Crippen MR) is 122 cm³/mol. The van der Waals surface area contributed by atoms with Gasteiger partial charge >= 0.3 is 34.7 Å². The van der Waals surface area contributed by atoms with Crippen LogP contribution in [0.1, 0.15) is 32.0 Å². The van der Waals surface area contributed by atoms with E-state index in [9.17, 15) is 4.55 Å². The van der Waals surface area contributed by atoms with Gasteiger partial charge in [-0.2, -0.15) is 4.98 Å². The summed E-state index contributed by atoms with van der Waals surface area (Å²) in [5.74, 6) is 0.692. The quantitative estimate of drug-likeness (QED) is 0.437. The fourth-order valence-corrected chi connectivity index (χ4v) is 4.47. The van der Waals surface area contributed by atoms with Crippen LogP contribution in [0.3, 0.4) is 0 Å². The van der Waals surface area contributed by atoms with E-state index < -0.39 is 17.0 Å². The third-order valence-electron chi connectivity index (χ3n) is 5.11. The van der Waals surface area contributed by atoms with Crippen molar-refractivity contribution in [1.29, 1.82) is 0 Å². The number of aromatic amines is 1. The Balaban J connectivity index is 0.00000272. The van der Waals surface area contributed by atoms with Crippen molar-refractivity contribution in [3.63, 3.8) is 0 Å². The zero-order chi connectivity index (χ0) is 21.1. The molecular formula is C22H28N3NaO4S. The van der Waals surface area contributed by atoms with E-state index in [1.807, 2.05) is 51.1 Å². The summed E-state index contributed by atoms with van der Waals surface area (Å²) >= 11 is -1.33. The number of pyridine rings is 1. The van der Waals surface area contributed by atoms with Gasteiger partial charge in [-0.25, -0.2) is 0 Å². The Morgan fingerprint density at radius 1 is 1.23 bits per heavy atom. The van der Waals surface area contributed by atoms with Crippen molar-refractivity contribution in [1.82, 2.24) is 15.0 Å². The molecule has 4 rings (SSSR count). The molecule has 1 unspecified atom stereocenters. The third-order valence-corrected chi connectivity index (χ3v) is 6.27. The molecule has 0 aliphatic carbocycles. The molecule has 9 heteroatoms. The van der Waals surface area contributed by atoms with E-state index in [0.29, 0.717) is 25.0 Å². The maximum atomic E-state index is 12.9. The van der Waals surface area contributed by atoms with E-state index in [-0.39, 0.29) is 41.2 Å². The number of fused-ring (bicyclic) bond motifs is 1. The van der Waals surface area contributed by atoms with Gasteiger partial charge in [-0.1, -0.05) is 19.1 Å². The molecule has 0 spiro atoms. The summed E-state index contributed by atoms with van der Waals surface area (Å²) < 4.78 is 30.4. The van der Waals surface area contributed by atoms with Crippen LogP contribution in [-0.2, 0) is 32.8 Å². The number of nitrogens with zero attached hydrogens (tertiary/aromatic N) is 2. The van der Waals surface area contributed by atoms with Crippen molar-refractivity contribution in [3.05, 3.63) is 47.8 Å². The van der Waals surface area contributed by atoms with Gasteiger partial charge in [0, 0.05) is 28.9 Å². The molecular weight excluding hydrogens is 425 g/mol. The number of hydrogen-bond donors (Lipinski definition) is 1. The Bertz CT molecular complexity index is 970. The number of nitrogens with one attached hydrogen (secondary N) is 1. The number of para-hydroxylation sites is 2. The van der Waals surface area contributed by atoms with E-state index >= 15 is 0 Å². The van der Waals surface area contributed by atoms with E-state index in [1.165, 1.54) is 0 Å². The Kier molecular flexibility index (Phi) is 8.43. The zero-order valence-electron chi connectivity index (χ0n) is 17.5. The number of hydrogen-bond acceptors (Lipinski definition) is 6. The van der Waals surface area contributed by atoms with Crippen LogP contribution in [0, 0.1) is 5.92 Å². The Morgan fingerprint density at radius 2 is 1.97 bits per heavy atom. The van der Waals surface area contributed by atoms with Crippen LogP contribution >= 0.6 is 0 Å². The van der Waals surface area contributed by atoms with Crippen LogP contribution in [0.15, 0.2) is 41.7 Å². The molecule has 1 atom stereocenters. The van der Waals surface area contributed by atoms with Crippen molar-refractivity contribution in [3.8, 4) is 5.75 Å². The van der Waals surface area contributed by atoms with Crippen LogP contribution in [0.4, 0.5) is 0 Å². The first kappa shape index (κ1) is 24.5. The van der Waals surface area contributed by atoms with Gasteiger partial charge in [0.2, 0.25) is 0 Å². The van der Waals surface area contributed by atoms with E-state index in [1.54, 1.807) is 6.20 Å². The summed E-state index contributed by atoms with van der Waals surface area (Å²) in [4.78, 5) is 12.1. The van der Waals surface area contributed by atoms with Crippen LogP contribution < -0.4 is 4.74 Å². The number of ether oxygens (including phenoxy) is 3. The van der Waals surface area contributed by atoms with Crippen molar-refractivity contribution < 1.29 is 18.8 Å². The molecule has 1 saturated heterocycles. The monoisotopic (exact) mass is 453 g/mol. The summed E-state index contributed by atoms with van der Waals surface area (Å²) in [5, 5.41) is 0.463. The molecule has 1 aliphatic rings. The van der Waals surface area contributed by atoms with Crippen molar-refractivity contribution in [2.24, 2.45) is 5.92 Å². The van der Waals surface area contributed by atoms with E-state index in [4.69, 9.17) is 14.2 Å². The Morgan fingerprint density at radius 3 is 2.68 bits per heavy atom. The maximum absolute atomic E-state index is 12.9. The van der Waals surface area contributed by atoms with Gasteiger partial charge in [-0.3, -0.25) is 9.97 Å². The second-order valence-corrected chi connectivity index (χ2v) is 9.20. The molecule has 1 N–H and O–H groups in total. The Labute approximate surface area is 207 Å². The summed E-state index contributed by atoms with van der Waals surface area (Å²) in [5.41, 5.74) is 3.43. The normalized spacial score (nSPS) is 17.3. The summed E-state index contributed by atoms with van der Waals surface area (Å²) in [6, 6.07) is 9.52. The topological polar surface area (TPSA) is 92.3 Å². The van der Waals surface area contributed by atoms with Crippen LogP contribution in [0.5, 0.6) is 5.75 Å². The van der Waals surface area contributed by atoms with Gasteiger partial charge < -0.3 is 18.8 Å². The molecule has 1 fully saturated rings. The molecule has 3 heterocycles. The minimum absolute atomic E-state index is 0. The van der Waals surface area contributed by atoms with Gasteiger partial charge in [0.05, 0.1) is 36.5 Å². The SMILES string of the molecule is CCc1c(OCC2COC(C)(C)OC2)ccnc1C[S+]([O-])c1nc2ccccc2[nH]1.[NaH]. The molecule has 31 heavy (non-hydrogen) atoms. The molecule has 1 aromatic carbocycles. The molecule has 0 saturated carbocycles. The van der Waals surface area contributed by atoms with Crippen LogP contribution in [-0.4, -0.2) is 74.7 Å². The molecule has 0 amide bonds. The van der Waals surface area contributed by atoms with Crippen LogP contribution in [0.25, 0.3) is 11.0 Å². The average molecular weight is 454 g/mol. The second kappa shape index (κ2) is 10.7. The first-order chi connectivity index (χ1) is 14.4. The average Bonchev–Trinajstić information content (AvgIpc) is 3.17. The minimum atomic E-state index is -1.33. The fraction of sp³-hybridized carbons (Fsp3) is 0.455. The van der Waals surface area contributed by atoms with Gasteiger partial charge in [-0.05, 0) is 38.5 Å². The molecule has 0 bridgehead atoms. The molecule has 7 nitrogen and oxygen atoms in total. The molecule has 2 aromatic heterocycles. The van der Waals surface area contributed by atoms with Crippen molar-refractivity contribution >= 4 is 51.8 Å². The number of aromatic nitrogens is 3. The van der Waals surface area contributed by atoms with Gasteiger partial charge in [0.1, 0.15) is 5.75 Å². The number of benzene rings is 1. The standard InChI is InChI=1S/C22H27N3O4S.Na.H/c1-4-16-19(14-30(26)21-24-17-7-5-6-8-18(17)25-21)23-10-9-20(16)27-11-15-12-28-22(2,3)29-13-15;;/h5-10,15H,4,11-14H2,1-3H3,(H,24,25);;. The summed E-state index contributed by atoms with van der Waals surface area (Å²) in [7, 11) is 0. The third kappa shape index (κ3) is 6.01. The van der Waals surface area contributed by atoms with Gasteiger partial charge in [0.25, 0.3) is 0 Å². The zero-order valence-corrected chi connectivity index (χ0v) is 18.3. The van der Waals surface area contributed by atoms with E-state index in [2.05, 4.69) is 15.0 Å². The predicted octanol–water partition coefficient (Wildman–Crippen LogP) is 2.96. The number of H-pyrrole nitrogens is 1. The van der Waals surface area contributed by atoms with Gasteiger partial charge in [0.15, 0.2) is 11.5 Å². The Hall–Kier alpha value is -1.13. The molecule has 1 aliphatic heterocycles. The van der Waals surface area contributed by atoms with Crippen molar-refractivity contribution in [2.75, 3.05) is 19.8 Å². The number of rotatable bonds is 7. The van der Waals surface area contributed by atoms with Crippen LogP contribution in [0.2, 0.25) is 0 Å². The number of imidazole rings is 1. The summed E-state index contributed by atoms with van der Waals surface area (Å²) in [6.45, 7) is 7.57. The first-order valence-electron chi connectivity index (χ1n) is 10.2. The second-order valence-electron chi connectivity index (χ2n) is 7.84. The van der Waals surface area contributed by atoms with E-state index in [0.717, 1.165) is 34.5 Å². The van der Waals surface area contributed by atoms with Gasteiger partial charge in [-0.15, -0.1) is 0 Å². The molecule has 3 aromatic rings. The summed E-state index contributed by atoms with van der Waals surface area (Å²) in [6.07, 6.45) is 2.44. The van der Waals surface area contributed by atoms with Crippen molar-refractivity contribution in [2.45, 2.75) is 43.9 Å². The molecule has 0 radical (unpaired) electrons.